The van der Waals surface area contributed by atoms with Crippen molar-refractivity contribution < 1.29 is 8.83 Å². The van der Waals surface area contributed by atoms with Crippen LogP contribution in [0.1, 0.15) is 26.3 Å². The summed E-state index contributed by atoms with van der Waals surface area (Å²) in [6, 6.07) is 18.1. The lowest BCUT2D eigenvalue weighted by molar-refractivity contribution is 0.581. The number of nitrogens with zero attached hydrogens (tertiary/aromatic N) is 1. The van der Waals surface area contributed by atoms with Gasteiger partial charge in [0.15, 0.2) is 5.58 Å². The molecule has 0 radical (unpaired) electrons. The molecule has 120 valence electrons. The maximum atomic E-state index is 5.97. The molecular formula is C21H19NO2. The Morgan fingerprint density at radius 1 is 0.875 bits per heavy atom. The number of aromatic nitrogens is 1. The Bertz CT molecular complexity index is 971. The van der Waals surface area contributed by atoms with Crippen LogP contribution in [0.5, 0.6) is 0 Å². The highest BCUT2D eigenvalue weighted by molar-refractivity contribution is 5.81. The van der Waals surface area contributed by atoms with Gasteiger partial charge in [-0.2, -0.15) is 0 Å². The topological polar surface area (TPSA) is 39.2 Å². The van der Waals surface area contributed by atoms with Gasteiger partial charge in [0.25, 0.3) is 0 Å². The highest BCUT2D eigenvalue weighted by atomic mass is 16.3. The minimum atomic E-state index is 0.137. The Morgan fingerprint density at radius 3 is 2.29 bits per heavy atom. The maximum Gasteiger partial charge on any atom is 0.227 e. The molecule has 0 fully saturated rings. The zero-order chi connectivity index (χ0) is 16.7. The molecule has 0 bridgehead atoms. The van der Waals surface area contributed by atoms with Crippen LogP contribution < -0.4 is 0 Å². The van der Waals surface area contributed by atoms with Crippen LogP contribution >= 0.6 is 0 Å². The smallest absolute Gasteiger partial charge is 0.227 e. The second-order valence-electron chi connectivity index (χ2n) is 7.01. The number of rotatable bonds is 2. The van der Waals surface area contributed by atoms with E-state index in [1.165, 1.54) is 5.56 Å². The zero-order valence-corrected chi connectivity index (χ0v) is 14.0. The molecule has 3 nitrogen and oxygen atoms in total. The molecule has 0 amide bonds. The van der Waals surface area contributed by atoms with Crippen LogP contribution in [0.25, 0.3) is 33.9 Å². The molecule has 0 saturated carbocycles. The summed E-state index contributed by atoms with van der Waals surface area (Å²) in [6.45, 7) is 6.62. The molecule has 4 aromatic rings. The van der Waals surface area contributed by atoms with Gasteiger partial charge >= 0.3 is 0 Å². The van der Waals surface area contributed by atoms with E-state index in [4.69, 9.17) is 8.83 Å². The second-order valence-corrected chi connectivity index (χ2v) is 7.01. The van der Waals surface area contributed by atoms with Crippen molar-refractivity contribution in [1.82, 2.24) is 4.98 Å². The SMILES string of the molecule is CC(C)(C)c1ccc(-c2nc3ccc(-c4ccco4)cc3o2)cc1. The number of furan rings is 1. The summed E-state index contributed by atoms with van der Waals surface area (Å²) in [4.78, 5) is 4.60. The van der Waals surface area contributed by atoms with E-state index in [-0.39, 0.29) is 5.41 Å². The monoisotopic (exact) mass is 317 g/mol. The molecule has 0 unspecified atom stereocenters. The van der Waals surface area contributed by atoms with Gasteiger partial charge in [-0.15, -0.1) is 0 Å². The van der Waals surface area contributed by atoms with E-state index in [2.05, 4.69) is 50.0 Å². The molecule has 24 heavy (non-hydrogen) atoms. The lowest BCUT2D eigenvalue weighted by Crippen LogP contribution is -2.10. The largest absolute Gasteiger partial charge is 0.464 e. The summed E-state index contributed by atoms with van der Waals surface area (Å²) in [5.41, 5.74) is 5.01. The molecule has 0 aliphatic rings. The molecule has 0 N–H and O–H groups in total. The predicted molar refractivity (Wildman–Crippen MR) is 95.8 cm³/mol. The first-order valence-corrected chi connectivity index (χ1v) is 8.06. The summed E-state index contributed by atoms with van der Waals surface area (Å²) < 4.78 is 11.4. The quantitative estimate of drug-likeness (QED) is 0.451. The van der Waals surface area contributed by atoms with Crippen LogP contribution in [-0.2, 0) is 5.41 Å². The molecule has 2 aromatic heterocycles. The first-order chi connectivity index (χ1) is 11.5. The summed E-state index contributed by atoms with van der Waals surface area (Å²) in [5, 5.41) is 0. The van der Waals surface area contributed by atoms with E-state index in [1.54, 1.807) is 6.26 Å². The van der Waals surface area contributed by atoms with Crippen molar-refractivity contribution in [3.05, 3.63) is 66.4 Å². The Kier molecular flexibility index (Phi) is 3.31. The molecule has 4 rings (SSSR count). The molecule has 0 atom stereocenters. The normalized spacial score (nSPS) is 12.0. The molecular weight excluding hydrogens is 298 g/mol. The van der Waals surface area contributed by atoms with Crippen molar-refractivity contribution in [3.63, 3.8) is 0 Å². The Labute approximate surface area is 140 Å². The van der Waals surface area contributed by atoms with Crippen molar-refractivity contribution in [2.24, 2.45) is 0 Å². The van der Waals surface area contributed by atoms with Gasteiger partial charge in [-0.3, -0.25) is 0 Å². The lowest BCUT2D eigenvalue weighted by Gasteiger charge is -2.18. The van der Waals surface area contributed by atoms with Gasteiger partial charge in [0.2, 0.25) is 5.89 Å². The Morgan fingerprint density at radius 2 is 1.62 bits per heavy atom. The number of benzene rings is 2. The fraction of sp³-hybridized carbons (Fsp3) is 0.190. The predicted octanol–water partition coefficient (Wildman–Crippen LogP) is 6.05. The van der Waals surface area contributed by atoms with Crippen molar-refractivity contribution in [3.8, 4) is 22.8 Å². The maximum absolute atomic E-state index is 5.97. The average molecular weight is 317 g/mol. The van der Waals surface area contributed by atoms with Crippen LogP contribution in [0.15, 0.2) is 69.7 Å². The number of oxazole rings is 1. The summed E-state index contributed by atoms with van der Waals surface area (Å²) in [6.07, 6.45) is 1.67. The third-order valence-electron chi connectivity index (χ3n) is 4.19. The minimum absolute atomic E-state index is 0.137. The first-order valence-electron chi connectivity index (χ1n) is 8.06. The van der Waals surface area contributed by atoms with Crippen LogP contribution in [0.2, 0.25) is 0 Å². The van der Waals surface area contributed by atoms with Gasteiger partial charge in [0, 0.05) is 11.1 Å². The fourth-order valence-corrected chi connectivity index (χ4v) is 2.76. The second kappa shape index (κ2) is 5.38. The van der Waals surface area contributed by atoms with Gasteiger partial charge in [-0.05, 0) is 53.4 Å². The van der Waals surface area contributed by atoms with Crippen molar-refractivity contribution in [1.29, 1.82) is 0 Å². The third-order valence-corrected chi connectivity index (χ3v) is 4.19. The molecule has 0 saturated heterocycles. The molecule has 3 heteroatoms. The standard InChI is InChI=1S/C21H19NO2/c1-21(2,3)16-9-6-14(7-10-16)20-22-17-11-8-15(13-19(17)24-20)18-5-4-12-23-18/h4-13H,1-3H3. The van der Waals surface area contributed by atoms with Crippen LogP contribution in [0, 0.1) is 0 Å². The number of fused-ring (bicyclic) bond motifs is 1. The van der Waals surface area contributed by atoms with E-state index in [1.807, 2.05) is 30.3 Å². The fourth-order valence-electron chi connectivity index (χ4n) is 2.76. The Balaban J connectivity index is 1.72. The van der Waals surface area contributed by atoms with Gasteiger partial charge in [-0.25, -0.2) is 4.98 Å². The first kappa shape index (κ1) is 14.8. The van der Waals surface area contributed by atoms with E-state index in [0.29, 0.717) is 5.89 Å². The molecule has 0 aliphatic carbocycles. The zero-order valence-electron chi connectivity index (χ0n) is 14.0. The lowest BCUT2D eigenvalue weighted by atomic mass is 9.87. The third kappa shape index (κ3) is 2.62. The van der Waals surface area contributed by atoms with Crippen molar-refractivity contribution >= 4 is 11.1 Å². The molecule has 2 heterocycles. The van der Waals surface area contributed by atoms with E-state index < -0.39 is 0 Å². The van der Waals surface area contributed by atoms with Gasteiger partial charge in [0.1, 0.15) is 11.3 Å². The van der Waals surface area contributed by atoms with E-state index in [0.717, 1.165) is 28.0 Å². The minimum Gasteiger partial charge on any atom is -0.464 e. The van der Waals surface area contributed by atoms with E-state index in [9.17, 15) is 0 Å². The summed E-state index contributed by atoms with van der Waals surface area (Å²) in [5.74, 6) is 1.46. The van der Waals surface area contributed by atoms with Crippen LogP contribution in [0.3, 0.4) is 0 Å². The average Bonchev–Trinajstić information content (AvgIpc) is 3.23. The van der Waals surface area contributed by atoms with Crippen molar-refractivity contribution in [2.45, 2.75) is 26.2 Å². The van der Waals surface area contributed by atoms with Crippen molar-refractivity contribution in [2.75, 3.05) is 0 Å². The summed E-state index contributed by atoms with van der Waals surface area (Å²) in [7, 11) is 0. The summed E-state index contributed by atoms with van der Waals surface area (Å²) >= 11 is 0. The highest BCUT2D eigenvalue weighted by Crippen LogP contribution is 2.30. The highest BCUT2D eigenvalue weighted by Gasteiger charge is 2.15. The van der Waals surface area contributed by atoms with Gasteiger partial charge in [-0.1, -0.05) is 32.9 Å². The van der Waals surface area contributed by atoms with Crippen LogP contribution in [0.4, 0.5) is 0 Å². The molecule has 2 aromatic carbocycles. The number of hydrogen-bond acceptors (Lipinski definition) is 3. The van der Waals surface area contributed by atoms with Crippen LogP contribution in [-0.4, -0.2) is 4.98 Å². The molecule has 0 spiro atoms. The molecule has 0 aliphatic heterocycles. The van der Waals surface area contributed by atoms with Gasteiger partial charge in [0.05, 0.1) is 6.26 Å². The Hall–Kier alpha value is -2.81. The number of hydrogen-bond donors (Lipinski definition) is 0. The van der Waals surface area contributed by atoms with E-state index >= 15 is 0 Å². The van der Waals surface area contributed by atoms with Gasteiger partial charge < -0.3 is 8.83 Å².